The highest BCUT2D eigenvalue weighted by Crippen LogP contribution is 2.46. The molecule has 0 radical (unpaired) electrons. The molecule has 2 unspecified atom stereocenters. The number of carbonyl (C=O) groups is 2. The van der Waals surface area contributed by atoms with Crippen LogP contribution in [0.25, 0.3) is 0 Å². The minimum Gasteiger partial charge on any atom is -0.379 e. The molecule has 1 saturated heterocycles. The smallest absolute Gasteiger partial charge is 0.233 e. The molecule has 0 aromatic rings. The Hall–Kier alpha value is -0.550. The average Bonchev–Trinajstić information content (AvgIpc) is 2.91. The molecular weight excluding hydrogens is 202 g/mol. The molecule has 5 heteroatoms. The largest absolute Gasteiger partial charge is 0.379 e. The Kier molecular flexibility index (Phi) is 2.78. The van der Waals surface area contributed by atoms with Gasteiger partial charge in [-0.15, -0.1) is 0 Å². The zero-order chi connectivity index (χ0) is 10.1. The van der Waals surface area contributed by atoms with Crippen LogP contribution in [-0.2, 0) is 14.3 Å². The molecule has 2 atom stereocenters. The Morgan fingerprint density at radius 1 is 1.29 bits per heavy atom. The highest BCUT2D eigenvalue weighted by molar-refractivity contribution is 7.80. The normalized spacial score (nSPS) is 29.6. The molecular formula is C9H13NO3S. The van der Waals surface area contributed by atoms with Crippen molar-refractivity contribution in [1.29, 1.82) is 0 Å². The van der Waals surface area contributed by atoms with Gasteiger partial charge in [0.1, 0.15) is 0 Å². The number of imide groups is 1. The molecule has 4 nitrogen and oxygen atoms in total. The van der Waals surface area contributed by atoms with Gasteiger partial charge in [0.15, 0.2) is 0 Å². The van der Waals surface area contributed by atoms with Gasteiger partial charge < -0.3 is 4.74 Å². The van der Waals surface area contributed by atoms with Crippen LogP contribution in [-0.4, -0.2) is 42.2 Å². The van der Waals surface area contributed by atoms with Gasteiger partial charge in [-0.1, -0.05) is 0 Å². The number of thiol groups is 1. The summed E-state index contributed by atoms with van der Waals surface area (Å²) in [7, 11) is 0. The van der Waals surface area contributed by atoms with Crippen molar-refractivity contribution < 1.29 is 14.3 Å². The predicted octanol–water partition coefficient (Wildman–Crippen LogP) is -0.0623. The third-order valence-electron chi connectivity index (χ3n) is 2.65. The Labute approximate surface area is 88.0 Å². The van der Waals surface area contributed by atoms with Crippen molar-refractivity contribution in [3.63, 3.8) is 0 Å². The molecule has 2 aliphatic rings. The summed E-state index contributed by atoms with van der Waals surface area (Å²) in [5, 5.41) is 0. The number of ether oxygens (including phenoxy) is 1. The average molecular weight is 215 g/mol. The molecule has 2 amide bonds. The summed E-state index contributed by atoms with van der Waals surface area (Å²) in [5.74, 6) is 0.663. The third-order valence-corrected chi connectivity index (χ3v) is 2.83. The van der Waals surface area contributed by atoms with E-state index < -0.39 is 0 Å². The van der Waals surface area contributed by atoms with E-state index in [4.69, 9.17) is 4.74 Å². The van der Waals surface area contributed by atoms with E-state index in [-0.39, 0.29) is 23.7 Å². The Morgan fingerprint density at radius 2 is 1.93 bits per heavy atom. The molecule has 0 aromatic carbocycles. The zero-order valence-corrected chi connectivity index (χ0v) is 8.70. The van der Waals surface area contributed by atoms with Crippen molar-refractivity contribution in [2.45, 2.75) is 6.42 Å². The minimum atomic E-state index is -0.00512. The molecule has 0 aromatic heterocycles. The Balaban J connectivity index is 1.76. The van der Waals surface area contributed by atoms with E-state index in [1.165, 1.54) is 4.90 Å². The van der Waals surface area contributed by atoms with Crippen LogP contribution in [0.15, 0.2) is 0 Å². The maximum absolute atomic E-state index is 11.5. The molecule has 0 bridgehead atoms. The Morgan fingerprint density at radius 3 is 2.50 bits per heavy atom. The summed E-state index contributed by atoms with van der Waals surface area (Å²) in [6.07, 6.45) is 0.770. The highest BCUT2D eigenvalue weighted by Gasteiger charge is 2.58. The van der Waals surface area contributed by atoms with Crippen molar-refractivity contribution >= 4 is 24.4 Å². The van der Waals surface area contributed by atoms with Crippen LogP contribution >= 0.6 is 12.6 Å². The number of hydrogen-bond acceptors (Lipinski definition) is 4. The molecule has 0 spiro atoms. The first-order valence-corrected chi connectivity index (χ1v) is 5.42. The second-order valence-electron chi connectivity index (χ2n) is 3.61. The van der Waals surface area contributed by atoms with Crippen molar-refractivity contribution in [3.8, 4) is 0 Å². The first kappa shape index (κ1) is 9.98. The Bertz CT molecular complexity index is 249. The van der Waals surface area contributed by atoms with Crippen LogP contribution in [0.3, 0.4) is 0 Å². The summed E-state index contributed by atoms with van der Waals surface area (Å²) in [6, 6.07) is 0. The van der Waals surface area contributed by atoms with Gasteiger partial charge in [-0.2, -0.15) is 12.6 Å². The van der Waals surface area contributed by atoms with Crippen molar-refractivity contribution in [1.82, 2.24) is 4.90 Å². The minimum absolute atomic E-state index is 0.00512. The SMILES string of the molecule is O=C1C2CC2C(=O)N1CCOCCS. The molecule has 14 heavy (non-hydrogen) atoms. The number of piperidine rings is 1. The maximum Gasteiger partial charge on any atom is 0.233 e. The predicted molar refractivity (Wildman–Crippen MR) is 53.0 cm³/mol. The monoisotopic (exact) mass is 215 g/mol. The standard InChI is InChI=1S/C9H13NO3S/c11-8-6-5-7(6)9(12)10(8)1-2-13-3-4-14/h6-7,14H,1-5H2. The third kappa shape index (κ3) is 1.66. The van der Waals surface area contributed by atoms with E-state index in [2.05, 4.69) is 12.6 Å². The van der Waals surface area contributed by atoms with Gasteiger partial charge in [0.2, 0.25) is 11.8 Å². The van der Waals surface area contributed by atoms with E-state index in [1.54, 1.807) is 0 Å². The van der Waals surface area contributed by atoms with Gasteiger partial charge >= 0.3 is 0 Å². The fourth-order valence-electron chi connectivity index (χ4n) is 1.79. The molecule has 1 aliphatic heterocycles. The second-order valence-corrected chi connectivity index (χ2v) is 4.06. The lowest BCUT2D eigenvalue weighted by molar-refractivity contribution is -0.142. The van der Waals surface area contributed by atoms with E-state index in [9.17, 15) is 9.59 Å². The maximum atomic E-state index is 11.5. The number of nitrogens with zero attached hydrogens (tertiary/aromatic N) is 1. The van der Waals surface area contributed by atoms with Crippen LogP contribution in [0.4, 0.5) is 0 Å². The number of rotatable bonds is 5. The van der Waals surface area contributed by atoms with E-state index in [0.717, 1.165) is 6.42 Å². The van der Waals surface area contributed by atoms with Gasteiger partial charge in [0.05, 0.1) is 31.6 Å². The zero-order valence-electron chi connectivity index (χ0n) is 7.81. The van der Waals surface area contributed by atoms with Crippen LogP contribution in [0.5, 0.6) is 0 Å². The van der Waals surface area contributed by atoms with Crippen LogP contribution in [0.1, 0.15) is 6.42 Å². The lowest BCUT2D eigenvalue weighted by atomic mass is 10.4. The van der Waals surface area contributed by atoms with E-state index in [0.29, 0.717) is 25.5 Å². The lowest BCUT2D eigenvalue weighted by Gasteiger charge is -2.15. The van der Waals surface area contributed by atoms with Gasteiger partial charge in [0, 0.05) is 5.75 Å². The molecule has 2 fully saturated rings. The van der Waals surface area contributed by atoms with Crippen molar-refractivity contribution in [3.05, 3.63) is 0 Å². The number of amides is 2. The summed E-state index contributed by atoms with van der Waals surface area (Å²) in [4.78, 5) is 24.2. The molecule has 1 aliphatic carbocycles. The van der Waals surface area contributed by atoms with Crippen LogP contribution in [0.2, 0.25) is 0 Å². The van der Waals surface area contributed by atoms with E-state index >= 15 is 0 Å². The highest BCUT2D eigenvalue weighted by atomic mass is 32.1. The number of fused-ring (bicyclic) bond motifs is 1. The van der Waals surface area contributed by atoms with E-state index in [1.807, 2.05) is 0 Å². The van der Waals surface area contributed by atoms with Gasteiger partial charge in [-0.3, -0.25) is 14.5 Å². The molecule has 1 heterocycles. The van der Waals surface area contributed by atoms with Crippen LogP contribution < -0.4 is 0 Å². The number of carbonyl (C=O) groups excluding carboxylic acids is 2. The summed E-state index contributed by atoms with van der Waals surface area (Å²) in [5.41, 5.74) is 0. The number of likely N-dealkylation sites (tertiary alicyclic amines) is 1. The summed E-state index contributed by atoms with van der Waals surface area (Å²) >= 11 is 3.99. The van der Waals surface area contributed by atoms with Crippen molar-refractivity contribution in [2.24, 2.45) is 11.8 Å². The quantitative estimate of drug-likeness (QED) is 0.397. The molecule has 1 saturated carbocycles. The summed E-state index contributed by atoms with van der Waals surface area (Å²) in [6.45, 7) is 1.39. The lowest BCUT2D eigenvalue weighted by Crippen LogP contribution is -2.35. The van der Waals surface area contributed by atoms with Gasteiger partial charge in [-0.25, -0.2) is 0 Å². The van der Waals surface area contributed by atoms with Gasteiger partial charge in [0.25, 0.3) is 0 Å². The van der Waals surface area contributed by atoms with Gasteiger partial charge in [-0.05, 0) is 6.42 Å². The topological polar surface area (TPSA) is 46.6 Å². The fourth-order valence-corrected chi connectivity index (χ4v) is 1.92. The second kappa shape index (κ2) is 3.90. The fraction of sp³-hybridized carbons (Fsp3) is 0.778. The summed E-state index contributed by atoms with van der Waals surface area (Å²) < 4.78 is 5.17. The van der Waals surface area contributed by atoms with Crippen LogP contribution in [0, 0.1) is 11.8 Å². The first-order valence-electron chi connectivity index (χ1n) is 4.79. The number of hydrogen-bond donors (Lipinski definition) is 1. The first-order chi connectivity index (χ1) is 6.75. The van der Waals surface area contributed by atoms with Crippen molar-refractivity contribution in [2.75, 3.05) is 25.5 Å². The molecule has 78 valence electrons. The molecule has 0 N–H and O–H groups in total. The molecule has 2 rings (SSSR count).